The van der Waals surface area contributed by atoms with Crippen molar-refractivity contribution < 1.29 is 137 Å². The molecule has 4 aliphatic heterocycles. The van der Waals surface area contributed by atoms with E-state index < -0.39 is 147 Å². The summed E-state index contributed by atoms with van der Waals surface area (Å²) < 4.78 is 68.2. The number of aliphatic hydroxyl groups is 11. The average molecular weight is 1410 g/mol. The maximum Gasteiger partial charge on any atom is 0.407 e. The van der Waals surface area contributed by atoms with E-state index in [1.807, 2.05) is 53.8 Å². The van der Waals surface area contributed by atoms with Crippen LogP contribution in [0, 0.1) is 11.8 Å². The molecule has 2 aromatic rings. The normalized spacial score (nSPS) is 27.4. The number of benzene rings is 2. The second kappa shape index (κ2) is 42.4. The summed E-state index contributed by atoms with van der Waals surface area (Å²) in [5.41, 5.74) is 3.20. The Morgan fingerprint density at radius 3 is 1.93 bits per heavy atom. The van der Waals surface area contributed by atoms with Crippen molar-refractivity contribution in [1.29, 1.82) is 0 Å². The number of methoxy groups -OCH3 is 1. The minimum absolute atomic E-state index is 0.00815. The SMILES string of the molecule is CCC.COC(=O)C1(O)O[C@@H]([C@H](O)[C@H](O)CO)[C@H](NC(=O)OCCSSCCC(=O)NC[C@H]2O[C@@H](O)[C@H](O)[C@@H](O)[C@@H]2O[C@@H]2O[C@H](CNC(=O)CCOCCOCCOCCOCCNC(=O)CCC(=O)N3Cc4ccccc4C#Cc4ccccc43)[C@@H](O)[C@H](O)[C@H]2O)[C@@H](O)[C@H]1F. The van der Waals surface area contributed by atoms with Crippen LogP contribution in [0.5, 0.6) is 0 Å². The quantitative estimate of drug-likeness (QED) is 0.0134. The highest BCUT2D eigenvalue weighted by Crippen LogP contribution is 2.35. The van der Waals surface area contributed by atoms with E-state index in [4.69, 9.17) is 42.6 Å². The number of carbonyl (C=O) groups excluding carboxylic acids is 6. The van der Waals surface area contributed by atoms with E-state index in [0.29, 0.717) is 12.2 Å². The van der Waals surface area contributed by atoms with Crippen LogP contribution < -0.4 is 26.2 Å². The van der Waals surface area contributed by atoms with E-state index in [2.05, 4.69) is 46.4 Å². The fourth-order valence-electron chi connectivity index (χ4n) is 9.69. The zero-order chi connectivity index (χ0) is 70.3. The summed E-state index contributed by atoms with van der Waals surface area (Å²) in [5, 5.41) is 124. The molecule has 0 aromatic heterocycles. The summed E-state index contributed by atoms with van der Waals surface area (Å²) in [6.45, 7) is 4.22. The van der Waals surface area contributed by atoms with E-state index in [0.717, 1.165) is 45.4 Å². The molecule has 0 radical (unpaired) electrons. The van der Waals surface area contributed by atoms with Crippen LogP contribution in [-0.4, -0.2) is 300 Å². The molecule has 4 aliphatic rings. The lowest BCUT2D eigenvalue weighted by atomic mass is 9.87. The van der Waals surface area contributed by atoms with Crippen molar-refractivity contribution in [2.75, 3.05) is 109 Å². The standard InChI is InChI=1S/C58H82FN5O27S2.C3H8/c1-82-56(79)58(81)53(59)46(73)43(52(91-58)44(71)36(66)31-65)63-57(80)87-25-27-93-92-26-15-41(69)62-29-38-51(48(75)49(76)54(78)88-38)90-55-50(77)47(74)45(72)37(89-55)28-61-40(68)14-17-83-19-21-85-23-24-86-22-20-84-18-16-60-39(67)12-13-42(70)64-30-34-8-3-2-6-32(34)10-11-33-7-4-5-9-35(33)64;1-3-2/h2-9,36-38,43-55,65-66,71-78,81H,12-31H2,1H3,(H,60,67)(H,61,68)(H,62,69)(H,63,80);3H2,1-2H3/t36-,37-,38-,43-,44-,45-,46-,47+,48-,49-,50-,51-,52-,53-,54-,55+,58?;/m1./s1. The Morgan fingerprint density at radius 2 is 1.26 bits per heavy atom. The van der Waals surface area contributed by atoms with Crippen molar-refractivity contribution in [3.8, 4) is 11.8 Å². The largest absolute Gasteiger partial charge is 0.465 e. The number of hydrogen-bond donors (Lipinski definition) is 15. The Kier molecular flexibility index (Phi) is 35.9. The number of para-hydroxylation sites is 1. The summed E-state index contributed by atoms with van der Waals surface area (Å²) in [4.78, 5) is 77.8. The first-order valence-electron chi connectivity index (χ1n) is 31.1. The number of nitrogens with zero attached hydrogens (tertiary/aromatic N) is 1. The average Bonchev–Trinajstić information content (AvgIpc) is 0.760. The van der Waals surface area contributed by atoms with Gasteiger partial charge in [-0.25, -0.2) is 14.0 Å². The fraction of sp³-hybridized carbons (Fsp3) is 0.672. The number of esters is 1. The first-order valence-corrected chi connectivity index (χ1v) is 33.6. The molecule has 4 heterocycles. The Hall–Kier alpha value is -5.51. The number of fused-ring (bicyclic) bond motifs is 2. The van der Waals surface area contributed by atoms with Crippen LogP contribution in [-0.2, 0) is 77.9 Å². The van der Waals surface area contributed by atoms with Crippen LogP contribution in [0.15, 0.2) is 48.5 Å². The lowest BCUT2D eigenvalue weighted by molar-refractivity contribution is -0.349. The van der Waals surface area contributed by atoms with E-state index in [9.17, 15) is 84.9 Å². The summed E-state index contributed by atoms with van der Waals surface area (Å²) in [7, 11) is 3.06. The molecule has 0 bridgehead atoms. The number of alkyl halides is 1. The molecular weight excluding hydrogens is 1320 g/mol. The number of aliphatic hydroxyl groups excluding tert-OH is 10. The topological polar surface area (TPSA) is 469 Å². The van der Waals surface area contributed by atoms with Crippen LogP contribution in [0.3, 0.4) is 0 Å². The predicted octanol–water partition coefficient (Wildman–Crippen LogP) is -3.89. The molecule has 540 valence electrons. The number of alkyl carbamates (subject to hydrolysis) is 1. The molecule has 15 N–H and O–H groups in total. The minimum atomic E-state index is -3.46. The van der Waals surface area contributed by atoms with Crippen LogP contribution in [0.1, 0.15) is 62.6 Å². The predicted molar refractivity (Wildman–Crippen MR) is 336 cm³/mol. The molecule has 0 aliphatic carbocycles. The van der Waals surface area contributed by atoms with E-state index in [-0.39, 0.29) is 115 Å². The van der Waals surface area contributed by atoms with Gasteiger partial charge in [0, 0.05) is 68.0 Å². The van der Waals surface area contributed by atoms with Crippen LogP contribution in [0.2, 0.25) is 0 Å². The van der Waals surface area contributed by atoms with Gasteiger partial charge in [-0.3, -0.25) is 19.2 Å². The van der Waals surface area contributed by atoms with Gasteiger partial charge in [-0.1, -0.05) is 84.0 Å². The number of anilines is 1. The summed E-state index contributed by atoms with van der Waals surface area (Å²) in [6, 6.07) is 13.1. The monoisotopic (exact) mass is 1410 g/mol. The highest BCUT2D eigenvalue weighted by atomic mass is 33.1. The second-order valence-corrected chi connectivity index (χ2v) is 24.7. The van der Waals surface area contributed by atoms with Gasteiger partial charge in [0.2, 0.25) is 23.6 Å². The number of halogens is 1. The first kappa shape index (κ1) is 81.2. The van der Waals surface area contributed by atoms with Gasteiger partial charge in [-0.05, 0) is 23.8 Å². The third-order valence-electron chi connectivity index (χ3n) is 14.8. The molecular formula is C61H90FN5O27S2. The number of hydrogen-bond acceptors (Lipinski definition) is 29. The molecule has 5 amide bonds. The van der Waals surface area contributed by atoms with Crippen LogP contribution >= 0.6 is 21.6 Å². The number of carbonyl (C=O) groups is 6. The van der Waals surface area contributed by atoms with Crippen molar-refractivity contribution >= 4 is 63.0 Å². The molecule has 32 nitrogen and oxygen atoms in total. The van der Waals surface area contributed by atoms with Gasteiger partial charge < -0.3 is 130 Å². The van der Waals surface area contributed by atoms with Crippen molar-refractivity contribution in [2.24, 2.45) is 0 Å². The zero-order valence-corrected chi connectivity index (χ0v) is 54.9. The van der Waals surface area contributed by atoms with Gasteiger partial charge in [-0.2, -0.15) is 0 Å². The Balaban J connectivity index is 0.00000545. The molecule has 1 unspecified atom stereocenters. The molecule has 2 aromatic carbocycles. The lowest BCUT2D eigenvalue weighted by Gasteiger charge is -2.46. The number of amides is 5. The minimum Gasteiger partial charge on any atom is -0.465 e. The number of rotatable bonds is 36. The molecule has 0 saturated carbocycles. The maximum atomic E-state index is 15.1. The van der Waals surface area contributed by atoms with Gasteiger partial charge >= 0.3 is 17.8 Å². The molecule has 35 heteroatoms. The molecule has 17 atom stereocenters. The smallest absolute Gasteiger partial charge is 0.407 e. The third-order valence-corrected chi connectivity index (χ3v) is 17.2. The van der Waals surface area contributed by atoms with Crippen molar-refractivity contribution in [3.05, 3.63) is 65.2 Å². The first-order chi connectivity index (χ1) is 46.0. The molecule has 6 rings (SSSR count). The summed E-state index contributed by atoms with van der Waals surface area (Å²) >= 11 is 0. The molecule has 3 saturated heterocycles. The summed E-state index contributed by atoms with van der Waals surface area (Å²) in [6.07, 6.45) is -29.5. The highest BCUT2D eigenvalue weighted by Gasteiger charge is 2.62. The van der Waals surface area contributed by atoms with Crippen molar-refractivity contribution in [1.82, 2.24) is 21.3 Å². The Labute approximate surface area is 561 Å². The van der Waals surface area contributed by atoms with Crippen molar-refractivity contribution in [3.63, 3.8) is 0 Å². The van der Waals surface area contributed by atoms with Gasteiger partial charge in [0.15, 0.2) is 18.8 Å². The van der Waals surface area contributed by atoms with Crippen LogP contribution in [0.25, 0.3) is 0 Å². The Morgan fingerprint density at radius 1 is 0.677 bits per heavy atom. The Bertz CT molecular complexity index is 2800. The van der Waals surface area contributed by atoms with Gasteiger partial charge in [-0.15, -0.1) is 0 Å². The second-order valence-electron chi connectivity index (χ2n) is 22.0. The highest BCUT2D eigenvalue weighted by molar-refractivity contribution is 8.76. The van der Waals surface area contributed by atoms with E-state index in [1.165, 1.54) is 6.42 Å². The maximum absolute atomic E-state index is 15.1. The lowest BCUT2D eigenvalue weighted by Crippen LogP contribution is -2.72. The van der Waals surface area contributed by atoms with Crippen molar-refractivity contribution in [2.45, 2.75) is 156 Å². The number of nitrogens with one attached hydrogen (secondary N) is 4. The third kappa shape index (κ3) is 24.7. The van der Waals surface area contributed by atoms with E-state index in [1.54, 1.807) is 4.90 Å². The van der Waals surface area contributed by atoms with Gasteiger partial charge in [0.25, 0.3) is 0 Å². The molecule has 3 fully saturated rings. The fourth-order valence-corrected chi connectivity index (χ4v) is 11.5. The number of ether oxygens (including phenoxy) is 10. The summed E-state index contributed by atoms with van der Waals surface area (Å²) in [5.74, 6) is -0.128. The zero-order valence-electron chi connectivity index (χ0n) is 53.3. The molecule has 96 heavy (non-hydrogen) atoms. The van der Waals surface area contributed by atoms with Gasteiger partial charge in [0.1, 0.15) is 79.9 Å². The van der Waals surface area contributed by atoms with E-state index >= 15 is 4.39 Å². The van der Waals surface area contributed by atoms with Crippen LogP contribution in [0.4, 0.5) is 14.9 Å². The molecule has 0 spiro atoms. The van der Waals surface area contributed by atoms with Gasteiger partial charge in [0.05, 0.1) is 84.8 Å².